The molecule has 2 atom stereocenters. The second-order valence-electron chi connectivity index (χ2n) is 4.59. The average molecular weight is 195 g/mol. The summed E-state index contributed by atoms with van der Waals surface area (Å²) in [5.74, 6) is 0.340. The van der Waals surface area contributed by atoms with E-state index >= 15 is 0 Å². The number of hydrogen-bond acceptors (Lipinski definition) is 1. The van der Waals surface area contributed by atoms with Crippen molar-refractivity contribution in [2.45, 2.75) is 25.2 Å². The highest BCUT2D eigenvalue weighted by Gasteiger charge is 2.45. The van der Waals surface area contributed by atoms with Gasteiger partial charge in [0.2, 0.25) is 0 Å². The summed E-state index contributed by atoms with van der Waals surface area (Å²) in [6, 6.07) is 11.1. The Morgan fingerprint density at radius 2 is 2.20 bits per heavy atom. The molecular weight excluding hydrogens is 182 g/mol. The van der Waals surface area contributed by atoms with Crippen molar-refractivity contribution in [3.05, 3.63) is 47.5 Å². The first-order valence-corrected chi connectivity index (χ1v) is 5.51. The average Bonchev–Trinajstić information content (AvgIpc) is 2.64. The first kappa shape index (κ1) is 8.73. The first-order valence-electron chi connectivity index (χ1n) is 5.51. The monoisotopic (exact) mass is 195 g/mol. The molecule has 0 amide bonds. The summed E-state index contributed by atoms with van der Waals surface area (Å²) in [6.45, 7) is 0. The number of nitrogens with zero attached hydrogens (tertiary/aromatic N) is 1. The van der Waals surface area contributed by atoms with Crippen molar-refractivity contribution in [2.24, 2.45) is 5.41 Å². The minimum Gasteiger partial charge on any atom is -0.198 e. The van der Waals surface area contributed by atoms with Crippen LogP contribution < -0.4 is 0 Å². The van der Waals surface area contributed by atoms with Crippen LogP contribution in [0.2, 0.25) is 0 Å². The van der Waals surface area contributed by atoms with Crippen molar-refractivity contribution in [3.8, 4) is 6.07 Å². The zero-order chi connectivity index (χ0) is 10.3. The lowest BCUT2D eigenvalue weighted by atomic mass is 9.71. The predicted octanol–water partition coefficient (Wildman–Crippen LogP) is 3.19. The molecule has 3 rings (SSSR count). The van der Waals surface area contributed by atoms with E-state index in [0.29, 0.717) is 5.92 Å². The Hall–Kier alpha value is -1.55. The fourth-order valence-electron chi connectivity index (χ4n) is 3.02. The van der Waals surface area contributed by atoms with Crippen molar-refractivity contribution < 1.29 is 0 Å². The van der Waals surface area contributed by atoms with Gasteiger partial charge >= 0.3 is 0 Å². The summed E-state index contributed by atoms with van der Waals surface area (Å²) < 4.78 is 0. The number of hydrogen-bond donors (Lipinski definition) is 0. The van der Waals surface area contributed by atoms with E-state index in [1.165, 1.54) is 11.1 Å². The zero-order valence-corrected chi connectivity index (χ0v) is 8.61. The van der Waals surface area contributed by atoms with Crippen LogP contribution in [0.15, 0.2) is 36.4 Å². The van der Waals surface area contributed by atoms with Crippen LogP contribution in [0.5, 0.6) is 0 Å². The third-order valence-electron chi connectivity index (χ3n) is 3.80. The van der Waals surface area contributed by atoms with E-state index in [1.54, 1.807) is 0 Å². The van der Waals surface area contributed by atoms with Crippen LogP contribution in [0.1, 0.15) is 29.9 Å². The normalized spacial score (nSPS) is 31.8. The zero-order valence-electron chi connectivity index (χ0n) is 8.61. The fourth-order valence-corrected chi connectivity index (χ4v) is 3.02. The van der Waals surface area contributed by atoms with E-state index < -0.39 is 0 Å². The fraction of sp³-hybridized carbons (Fsp3) is 0.357. The van der Waals surface area contributed by atoms with Gasteiger partial charge in [0.25, 0.3) is 0 Å². The Morgan fingerprint density at radius 3 is 3.07 bits per heavy atom. The second kappa shape index (κ2) is 2.97. The molecule has 0 radical (unpaired) electrons. The first-order chi connectivity index (χ1) is 7.36. The van der Waals surface area contributed by atoms with Gasteiger partial charge in [-0.25, -0.2) is 0 Å². The quantitative estimate of drug-likeness (QED) is 0.583. The minimum absolute atomic E-state index is 0.140. The predicted molar refractivity (Wildman–Crippen MR) is 59.3 cm³/mol. The Labute approximate surface area is 90.0 Å². The van der Waals surface area contributed by atoms with E-state index in [1.807, 2.05) is 0 Å². The van der Waals surface area contributed by atoms with Gasteiger partial charge in [-0.15, -0.1) is 0 Å². The van der Waals surface area contributed by atoms with Crippen LogP contribution in [0.3, 0.4) is 0 Å². The van der Waals surface area contributed by atoms with Crippen molar-refractivity contribution in [3.63, 3.8) is 0 Å². The number of fused-ring (bicyclic) bond motifs is 3. The van der Waals surface area contributed by atoms with Gasteiger partial charge in [-0.2, -0.15) is 5.26 Å². The molecule has 15 heavy (non-hydrogen) atoms. The van der Waals surface area contributed by atoms with Crippen LogP contribution in [0, 0.1) is 16.7 Å². The van der Waals surface area contributed by atoms with Crippen molar-refractivity contribution >= 4 is 0 Å². The molecule has 2 aliphatic carbocycles. The van der Waals surface area contributed by atoms with Gasteiger partial charge in [-0.1, -0.05) is 36.4 Å². The molecule has 0 aliphatic heterocycles. The highest BCUT2D eigenvalue weighted by Crippen LogP contribution is 2.52. The van der Waals surface area contributed by atoms with Gasteiger partial charge in [0.05, 0.1) is 11.5 Å². The van der Waals surface area contributed by atoms with Gasteiger partial charge in [-0.05, 0) is 30.4 Å². The van der Waals surface area contributed by atoms with E-state index in [-0.39, 0.29) is 5.41 Å². The topological polar surface area (TPSA) is 23.8 Å². The van der Waals surface area contributed by atoms with Crippen LogP contribution in [0.4, 0.5) is 0 Å². The summed E-state index contributed by atoms with van der Waals surface area (Å²) in [7, 11) is 0. The summed E-state index contributed by atoms with van der Waals surface area (Å²) in [5, 5.41) is 9.44. The molecule has 0 bridgehead atoms. The minimum atomic E-state index is -0.140. The van der Waals surface area contributed by atoms with Gasteiger partial charge in [0, 0.05) is 5.92 Å². The van der Waals surface area contributed by atoms with Crippen molar-refractivity contribution in [1.29, 1.82) is 5.26 Å². The summed E-state index contributed by atoms with van der Waals surface area (Å²) in [5.41, 5.74) is 2.60. The molecule has 0 fully saturated rings. The van der Waals surface area contributed by atoms with Crippen molar-refractivity contribution in [1.82, 2.24) is 0 Å². The van der Waals surface area contributed by atoms with Crippen LogP contribution in [-0.2, 0) is 6.42 Å². The molecule has 0 saturated heterocycles. The lowest BCUT2D eigenvalue weighted by molar-refractivity contribution is 0.341. The number of allylic oxidation sites excluding steroid dienone is 2. The number of benzene rings is 1. The van der Waals surface area contributed by atoms with Gasteiger partial charge in [0.1, 0.15) is 0 Å². The molecule has 0 spiro atoms. The molecule has 0 N–H and O–H groups in total. The Morgan fingerprint density at radius 1 is 1.33 bits per heavy atom. The van der Waals surface area contributed by atoms with E-state index in [4.69, 9.17) is 0 Å². The second-order valence-corrected chi connectivity index (χ2v) is 4.59. The highest BCUT2D eigenvalue weighted by atomic mass is 14.5. The van der Waals surface area contributed by atoms with Crippen LogP contribution >= 0.6 is 0 Å². The number of rotatable bonds is 0. The summed E-state index contributed by atoms with van der Waals surface area (Å²) in [4.78, 5) is 0. The lowest BCUT2D eigenvalue weighted by Gasteiger charge is -2.29. The molecule has 1 aromatic rings. The van der Waals surface area contributed by atoms with Crippen molar-refractivity contribution in [2.75, 3.05) is 0 Å². The molecule has 74 valence electrons. The standard InChI is InChI=1S/C14H13N/c15-10-14-8-4-3-7-13(14)12-6-2-1-5-11(12)9-14/h1-3,5-7,13H,4,8-9H2. The van der Waals surface area contributed by atoms with Gasteiger partial charge in [-0.3, -0.25) is 0 Å². The molecule has 2 unspecified atom stereocenters. The molecule has 2 aliphatic rings. The Bertz CT molecular complexity index is 466. The molecule has 1 aromatic carbocycles. The highest BCUT2D eigenvalue weighted by molar-refractivity contribution is 5.45. The Kier molecular flexibility index (Phi) is 1.73. The maximum absolute atomic E-state index is 9.44. The smallest absolute Gasteiger partial charge is 0.0720 e. The molecular formula is C14H13N. The van der Waals surface area contributed by atoms with Gasteiger partial charge in [0.15, 0.2) is 0 Å². The van der Waals surface area contributed by atoms with E-state index in [0.717, 1.165) is 19.3 Å². The molecule has 0 saturated carbocycles. The SMILES string of the molecule is N#CC12CCC=CC1c1ccccc1C2. The van der Waals surface area contributed by atoms with E-state index in [9.17, 15) is 5.26 Å². The molecule has 1 nitrogen and oxygen atoms in total. The van der Waals surface area contributed by atoms with Gasteiger partial charge < -0.3 is 0 Å². The summed E-state index contributed by atoms with van der Waals surface area (Å²) >= 11 is 0. The van der Waals surface area contributed by atoms with E-state index in [2.05, 4.69) is 42.5 Å². The maximum Gasteiger partial charge on any atom is 0.0720 e. The number of nitriles is 1. The molecule has 0 aromatic heterocycles. The maximum atomic E-state index is 9.44. The third-order valence-corrected chi connectivity index (χ3v) is 3.80. The van der Waals surface area contributed by atoms with Crippen LogP contribution in [0.25, 0.3) is 0 Å². The lowest BCUT2D eigenvalue weighted by Crippen LogP contribution is -2.25. The summed E-state index contributed by atoms with van der Waals surface area (Å²) in [6.07, 6.45) is 7.47. The van der Waals surface area contributed by atoms with Crippen LogP contribution in [-0.4, -0.2) is 0 Å². The Balaban J connectivity index is 2.17. The third kappa shape index (κ3) is 1.08. The molecule has 0 heterocycles. The molecule has 1 heteroatoms. The largest absolute Gasteiger partial charge is 0.198 e.